The maximum absolute atomic E-state index is 9.66. The van der Waals surface area contributed by atoms with Crippen LogP contribution in [0.15, 0.2) is 97.1 Å². The van der Waals surface area contributed by atoms with Crippen molar-refractivity contribution in [3.05, 3.63) is 97.1 Å². The van der Waals surface area contributed by atoms with Crippen molar-refractivity contribution in [1.82, 2.24) is 10.2 Å². The molecule has 0 aliphatic rings. The van der Waals surface area contributed by atoms with Crippen LogP contribution in [0, 0.1) is 0 Å². The van der Waals surface area contributed by atoms with E-state index in [-0.39, 0.29) is 5.75 Å². The number of aromatic nitrogens is 2. The van der Waals surface area contributed by atoms with E-state index in [9.17, 15) is 5.11 Å². The summed E-state index contributed by atoms with van der Waals surface area (Å²) in [6.07, 6.45) is 0. The van der Waals surface area contributed by atoms with Gasteiger partial charge in [0.05, 0.1) is 5.69 Å². The van der Waals surface area contributed by atoms with Gasteiger partial charge in [-0.3, -0.25) is 4.90 Å². The Bertz CT molecular complexity index is 947. The lowest BCUT2D eigenvalue weighted by Gasteiger charge is -2.23. The SMILES string of the molecule is Oc1cccc(-c2ccc(N(c3ccccc3)c3ccccc3)nn2)c1. The van der Waals surface area contributed by atoms with Gasteiger partial charge in [-0.25, -0.2) is 0 Å². The first-order chi connectivity index (χ1) is 12.8. The minimum atomic E-state index is 0.212. The maximum Gasteiger partial charge on any atom is 0.160 e. The van der Waals surface area contributed by atoms with E-state index in [1.54, 1.807) is 18.2 Å². The Morgan fingerprint density at radius 3 is 1.81 bits per heavy atom. The number of benzene rings is 3. The zero-order valence-electron chi connectivity index (χ0n) is 14.0. The molecule has 0 fully saturated rings. The second-order valence-electron chi connectivity index (χ2n) is 5.83. The summed E-state index contributed by atoms with van der Waals surface area (Å²) in [5.41, 5.74) is 3.57. The quantitative estimate of drug-likeness (QED) is 0.547. The highest BCUT2D eigenvalue weighted by Gasteiger charge is 2.14. The predicted octanol–water partition coefficient (Wildman–Crippen LogP) is 5.32. The molecular formula is C22H17N3O. The molecule has 3 aromatic carbocycles. The van der Waals surface area contributed by atoms with Crippen molar-refractivity contribution in [1.29, 1.82) is 0 Å². The van der Waals surface area contributed by atoms with Gasteiger partial charge in [-0.2, -0.15) is 0 Å². The molecule has 0 atom stereocenters. The van der Waals surface area contributed by atoms with Crippen molar-refractivity contribution in [3.63, 3.8) is 0 Å². The number of para-hydroxylation sites is 2. The molecule has 1 heterocycles. The minimum Gasteiger partial charge on any atom is -0.508 e. The van der Waals surface area contributed by atoms with Crippen molar-refractivity contribution in [2.75, 3.05) is 4.90 Å². The molecule has 0 spiro atoms. The van der Waals surface area contributed by atoms with Gasteiger partial charge in [0.2, 0.25) is 0 Å². The fourth-order valence-electron chi connectivity index (χ4n) is 2.83. The van der Waals surface area contributed by atoms with E-state index in [0.717, 1.165) is 22.8 Å². The molecule has 4 nitrogen and oxygen atoms in total. The van der Waals surface area contributed by atoms with E-state index in [4.69, 9.17) is 0 Å². The van der Waals surface area contributed by atoms with Crippen LogP contribution in [-0.2, 0) is 0 Å². The van der Waals surface area contributed by atoms with Gasteiger partial charge in [0.15, 0.2) is 5.82 Å². The minimum absolute atomic E-state index is 0.212. The third kappa shape index (κ3) is 3.26. The summed E-state index contributed by atoms with van der Waals surface area (Å²) in [5, 5.41) is 18.4. The molecule has 4 heteroatoms. The molecule has 1 N–H and O–H groups in total. The number of aromatic hydroxyl groups is 1. The van der Waals surface area contributed by atoms with E-state index in [0.29, 0.717) is 5.69 Å². The molecule has 0 unspecified atom stereocenters. The van der Waals surface area contributed by atoms with Gasteiger partial charge >= 0.3 is 0 Å². The van der Waals surface area contributed by atoms with Crippen LogP contribution in [0.4, 0.5) is 17.2 Å². The lowest BCUT2D eigenvalue weighted by molar-refractivity contribution is 0.475. The summed E-state index contributed by atoms with van der Waals surface area (Å²) in [6.45, 7) is 0. The Balaban J connectivity index is 1.75. The molecule has 1 aromatic heterocycles. The normalized spacial score (nSPS) is 10.5. The Morgan fingerprint density at radius 2 is 1.27 bits per heavy atom. The highest BCUT2D eigenvalue weighted by molar-refractivity contribution is 5.74. The summed E-state index contributed by atoms with van der Waals surface area (Å²) < 4.78 is 0. The predicted molar refractivity (Wildman–Crippen MR) is 104 cm³/mol. The third-order valence-corrected chi connectivity index (χ3v) is 4.05. The van der Waals surface area contributed by atoms with Gasteiger partial charge in [-0.1, -0.05) is 48.5 Å². The Morgan fingerprint density at radius 1 is 0.615 bits per heavy atom. The van der Waals surface area contributed by atoms with Gasteiger partial charge in [0.25, 0.3) is 0 Å². The fraction of sp³-hybridized carbons (Fsp3) is 0. The first-order valence-electron chi connectivity index (χ1n) is 8.35. The van der Waals surface area contributed by atoms with Gasteiger partial charge in [0, 0.05) is 16.9 Å². The molecule has 0 bridgehead atoms. The van der Waals surface area contributed by atoms with Gasteiger partial charge in [-0.05, 0) is 48.5 Å². The summed E-state index contributed by atoms with van der Waals surface area (Å²) in [4.78, 5) is 2.05. The number of rotatable bonds is 4. The number of nitrogens with zero attached hydrogens (tertiary/aromatic N) is 3. The molecule has 0 radical (unpaired) electrons. The largest absolute Gasteiger partial charge is 0.508 e. The lowest BCUT2D eigenvalue weighted by atomic mass is 10.1. The van der Waals surface area contributed by atoms with Crippen molar-refractivity contribution in [3.8, 4) is 17.0 Å². The Kier molecular flexibility index (Phi) is 4.31. The second kappa shape index (κ2) is 7.07. The van der Waals surface area contributed by atoms with Crippen LogP contribution in [0.3, 0.4) is 0 Å². The van der Waals surface area contributed by atoms with E-state index in [2.05, 4.69) is 15.1 Å². The highest BCUT2D eigenvalue weighted by atomic mass is 16.3. The summed E-state index contributed by atoms with van der Waals surface area (Å²) in [6, 6.07) is 31.0. The second-order valence-corrected chi connectivity index (χ2v) is 5.83. The number of phenolic OH excluding ortho intramolecular Hbond substituents is 1. The lowest BCUT2D eigenvalue weighted by Crippen LogP contribution is -2.12. The summed E-state index contributed by atoms with van der Waals surface area (Å²) in [5.74, 6) is 0.940. The van der Waals surface area contributed by atoms with Crippen LogP contribution in [0.5, 0.6) is 5.75 Å². The van der Waals surface area contributed by atoms with E-state index >= 15 is 0 Å². The Hall–Kier alpha value is -3.66. The van der Waals surface area contributed by atoms with Gasteiger partial charge < -0.3 is 5.11 Å². The molecular weight excluding hydrogens is 322 g/mol. The zero-order valence-corrected chi connectivity index (χ0v) is 14.0. The van der Waals surface area contributed by atoms with Gasteiger partial charge in [0.1, 0.15) is 5.75 Å². The smallest absolute Gasteiger partial charge is 0.160 e. The van der Waals surface area contributed by atoms with E-state index < -0.39 is 0 Å². The first-order valence-corrected chi connectivity index (χ1v) is 8.35. The zero-order chi connectivity index (χ0) is 17.8. The molecule has 0 aliphatic carbocycles. The van der Waals surface area contributed by atoms with E-state index in [1.807, 2.05) is 78.9 Å². The van der Waals surface area contributed by atoms with Crippen LogP contribution in [0.25, 0.3) is 11.3 Å². The average Bonchev–Trinajstić information content (AvgIpc) is 2.70. The topological polar surface area (TPSA) is 49.2 Å². The third-order valence-electron chi connectivity index (χ3n) is 4.05. The van der Waals surface area contributed by atoms with Crippen LogP contribution in [-0.4, -0.2) is 15.3 Å². The van der Waals surface area contributed by atoms with E-state index in [1.165, 1.54) is 0 Å². The van der Waals surface area contributed by atoms with Gasteiger partial charge in [-0.15, -0.1) is 10.2 Å². The molecule has 0 saturated heterocycles. The molecule has 0 saturated carbocycles. The number of anilines is 3. The molecule has 4 rings (SSSR count). The van der Waals surface area contributed by atoms with Crippen LogP contribution in [0.2, 0.25) is 0 Å². The van der Waals surface area contributed by atoms with Crippen molar-refractivity contribution >= 4 is 17.2 Å². The molecule has 126 valence electrons. The molecule has 26 heavy (non-hydrogen) atoms. The molecule has 4 aromatic rings. The van der Waals surface area contributed by atoms with Crippen LogP contribution < -0.4 is 4.90 Å². The van der Waals surface area contributed by atoms with Crippen LogP contribution >= 0.6 is 0 Å². The number of hydrogen-bond donors (Lipinski definition) is 1. The molecule has 0 amide bonds. The Labute approximate surface area is 152 Å². The maximum atomic E-state index is 9.66. The van der Waals surface area contributed by atoms with Crippen molar-refractivity contribution < 1.29 is 5.11 Å². The fourth-order valence-corrected chi connectivity index (χ4v) is 2.83. The standard InChI is InChI=1S/C22H17N3O/c26-20-13-7-8-17(16-20)21-14-15-22(24-23-21)25(18-9-3-1-4-10-18)19-11-5-2-6-12-19/h1-16,26H. The number of phenols is 1. The first kappa shape index (κ1) is 15.8. The monoisotopic (exact) mass is 339 g/mol. The highest BCUT2D eigenvalue weighted by Crippen LogP contribution is 2.33. The average molecular weight is 339 g/mol. The summed E-state index contributed by atoms with van der Waals surface area (Å²) >= 11 is 0. The van der Waals surface area contributed by atoms with Crippen LogP contribution in [0.1, 0.15) is 0 Å². The summed E-state index contributed by atoms with van der Waals surface area (Å²) in [7, 11) is 0. The number of hydrogen-bond acceptors (Lipinski definition) is 4. The molecule has 0 aliphatic heterocycles. The van der Waals surface area contributed by atoms with Crippen molar-refractivity contribution in [2.24, 2.45) is 0 Å². The van der Waals surface area contributed by atoms with Crippen molar-refractivity contribution in [2.45, 2.75) is 0 Å².